The van der Waals surface area contributed by atoms with E-state index in [0.29, 0.717) is 20.8 Å². The zero-order valence-corrected chi connectivity index (χ0v) is 11.3. The molecule has 2 aliphatic rings. The summed E-state index contributed by atoms with van der Waals surface area (Å²) in [5, 5.41) is 3.11. The molecule has 0 bridgehead atoms. The Morgan fingerprint density at radius 1 is 1.21 bits per heavy atom. The Morgan fingerprint density at radius 2 is 1.71 bits per heavy atom. The molecule has 2 aliphatic heterocycles. The molecule has 0 aromatic carbocycles. The maximum atomic E-state index is 10.1. The van der Waals surface area contributed by atoms with Crippen LogP contribution in [0.1, 0.15) is 26.2 Å². The molecular formula is C9H15AuNO2P. The van der Waals surface area contributed by atoms with Gasteiger partial charge in [-0.3, -0.25) is 0 Å². The van der Waals surface area contributed by atoms with Crippen molar-refractivity contribution in [1.82, 2.24) is 0 Å². The second-order valence-electron chi connectivity index (χ2n) is 3.19. The van der Waals surface area contributed by atoms with Gasteiger partial charge >= 0.3 is 22.4 Å². The number of carbonyl (C=O) groups excluding carboxylic acids is 2. The molecule has 2 saturated heterocycles. The number of hydrogen-bond acceptors (Lipinski definition) is 2. The largest absolute Gasteiger partial charge is 1.00 e. The average molecular weight is 397 g/mol. The van der Waals surface area contributed by atoms with Crippen molar-refractivity contribution in [2.75, 3.05) is 18.5 Å². The van der Waals surface area contributed by atoms with E-state index < -0.39 is 0 Å². The maximum Gasteiger partial charge on any atom is 1.00 e. The van der Waals surface area contributed by atoms with E-state index in [-0.39, 0.29) is 34.2 Å². The van der Waals surface area contributed by atoms with Gasteiger partial charge in [-0.1, -0.05) is 6.92 Å². The first-order valence-electron chi connectivity index (χ1n) is 4.72. The summed E-state index contributed by atoms with van der Waals surface area (Å²) in [4.78, 5) is 20.1. The van der Waals surface area contributed by atoms with E-state index in [1.807, 2.05) is 0 Å². The first kappa shape index (κ1) is 14.3. The first-order chi connectivity index (χ1) is 6.22. The fourth-order valence-corrected chi connectivity index (χ4v) is 2.56. The predicted molar refractivity (Wildman–Crippen MR) is 54.4 cm³/mol. The summed E-state index contributed by atoms with van der Waals surface area (Å²) in [6.07, 6.45) is 6.80. The number of nitrogens with zero attached hydrogens (tertiary/aromatic N) is 1. The van der Waals surface area contributed by atoms with Gasteiger partial charge in [-0.05, 0) is 37.7 Å². The summed E-state index contributed by atoms with van der Waals surface area (Å²) in [7, 11) is 0.604. The van der Waals surface area contributed by atoms with Crippen LogP contribution in [0.4, 0.5) is 0 Å². The molecule has 2 amide bonds. The molecule has 2 rings (SSSR count). The van der Waals surface area contributed by atoms with Crippen LogP contribution in [0.15, 0.2) is 0 Å². The van der Waals surface area contributed by atoms with Crippen molar-refractivity contribution < 1.29 is 32.0 Å². The smallest absolute Gasteiger partial charge is 0.596 e. The van der Waals surface area contributed by atoms with Crippen LogP contribution in [0.3, 0.4) is 0 Å². The van der Waals surface area contributed by atoms with E-state index in [2.05, 4.69) is 12.2 Å². The Kier molecular flexibility index (Phi) is 7.75. The van der Waals surface area contributed by atoms with E-state index in [1.165, 1.54) is 12.6 Å². The summed E-state index contributed by atoms with van der Waals surface area (Å²) in [5.74, 6) is -0.546. The number of hydrogen-bond donors (Lipinski definition) is 0. The molecule has 0 radical (unpaired) electrons. The molecule has 0 aromatic heterocycles. The van der Waals surface area contributed by atoms with Crippen molar-refractivity contribution in [3.8, 4) is 0 Å². The third kappa shape index (κ3) is 5.26. The summed E-state index contributed by atoms with van der Waals surface area (Å²) >= 11 is 0. The average Bonchev–Trinajstić information content (AvgIpc) is 2.33. The number of carbonyl (C=O) groups is 2. The minimum absolute atomic E-state index is 0. The van der Waals surface area contributed by atoms with Gasteiger partial charge in [0.05, 0.1) is 11.8 Å². The number of imide groups is 1. The van der Waals surface area contributed by atoms with Gasteiger partial charge < -0.3 is 14.9 Å². The summed E-state index contributed by atoms with van der Waals surface area (Å²) in [5.41, 5.74) is 0. The molecule has 0 aromatic rings. The summed E-state index contributed by atoms with van der Waals surface area (Å²) in [6, 6.07) is 0. The van der Waals surface area contributed by atoms with Crippen LogP contribution in [0.2, 0.25) is 0 Å². The van der Waals surface area contributed by atoms with Gasteiger partial charge in [-0.15, -0.1) is 7.92 Å². The maximum absolute atomic E-state index is 10.1. The van der Waals surface area contributed by atoms with Crippen molar-refractivity contribution in [2.24, 2.45) is 0 Å². The predicted octanol–water partition coefficient (Wildman–Crippen LogP) is 2.10. The second kappa shape index (κ2) is 7.58. The van der Waals surface area contributed by atoms with Crippen molar-refractivity contribution in [3.05, 3.63) is 5.32 Å². The normalized spacial score (nSPS) is 20.1. The van der Waals surface area contributed by atoms with Crippen LogP contribution in [0.25, 0.3) is 5.32 Å². The fraction of sp³-hybridized carbons (Fsp3) is 0.778. The summed E-state index contributed by atoms with van der Waals surface area (Å²) < 4.78 is 0. The van der Waals surface area contributed by atoms with E-state index in [0.717, 1.165) is 0 Å². The second-order valence-corrected chi connectivity index (χ2v) is 6.06. The van der Waals surface area contributed by atoms with Crippen LogP contribution in [-0.2, 0) is 32.0 Å². The van der Waals surface area contributed by atoms with Crippen molar-refractivity contribution in [1.29, 1.82) is 0 Å². The molecule has 0 N–H and O–H groups in total. The molecule has 3 nitrogen and oxygen atoms in total. The van der Waals surface area contributed by atoms with Gasteiger partial charge in [0.15, 0.2) is 0 Å². The molecule has 0 unspecified atom stereocenters. The Bertz CT molecular complexity index is 190. The molecule has 2 heterocycles. The third-order valence-corrected chi connectivity index (χ3v) is 4.99. The standard InChI is InChI=1S/C5H11P.C4H5NO2.Au/c1-2-6-4-3-5-6;6-3-1-2-4(7)5-3;/h2-5H2,1H3;1-2H2,(H,5,6,7);/q;;+1/p-1. The van der Waals surface area contributed by atoms with Crippen LogP contribution in [-0.4, -0.2) is 30.3 Å². The Hall–Kier alpha value is 0.310. The third-order valence-electron chi connectivity index (χ3n) is 2.20. The van der Waals surface area contributed by atoms with E-state index in [4.69, 9.17) is 0 Å². The summed E-state index contributed by atoms with van der Waals surface area (Å²) in [6.45, 7) is 2.31. The minimum atomic E-state index is -0.273. The quantitative estimate of drug-likeness (QED) is 0.387. The minimum Gasteiger partial charge on any atom is -0.596 e. The number of amides is 2. The Balaban J connectivity index is 0.000000227. The SMILES string of the molecule is CCP1CCC1.O=C1CCC(=O)[N-]1.[Au+]. The van der Waals surface area contributed by atoms with Crippen LogP contribution >= 0.6 is 7.92 Å². The van der Waals surface area contributed by atoms with Crippen LogP contribution in [0, 0.1) is 0 Å². The molecular weight excluding hydrogens is 382 g/mol. The van der Waals surface area contributed by atoms with Crippen molar-refractivity contribution >= 4 is 19.7 Å². The van der Waals surface area contributed by atoms with Gasteiger partial charge in [0.2, 0.25) is 0 Å². The molecule has 0 saturated carbocycles. The van der Waals surface area contributed by atoms with E-state index >= 15 is 0 Å². The van der Waals surface area contributed by atoms with Gasteiger partial charge in [-0.25, -0.2) is 0 Å². The molecule has 0 spiro atoms. The monoisotopic (exact) mass is 397 g/mol. The molecule has 84 valence electrons. The molecule has 0 aliphatic carbocycles. The number of rotatable bonds is 1. The van der Waals surface area contributed by atoms with E-state index in [1.54, 1.807) is 12.3 Å². The Morgan fingerprint density at radius 3 is 1.79 bits per heavy atom. The molecule has 2 fully saturated rings. The Labute approximate surface area is 102 Å². The van der Waals surface area contributed by atoms with Gasteiger partial charge in [0, 0.05) is 0 Å². The first-order valence-corrected chi connectivity index (χ1v) is 6.62. The topological polar surface area (TPSA) is 48.2 Å². The molecule has 5 heteroatoms. The molecule has 0 atom stereocenters. The van der Waals surface area contributed by atoms with E-state index in [9.17, 15) is 9.59 Å². The van der Waals surface area contributed by atoms with Crippen LogP contribution in [0.5, 0.6) is 0 Å². The van der Waals surface area contributed by atoms with Crippen molar-refractivity contribution in [3.63, 3.8) is 0 Å². The van der Waals surface area contributed by atoms with Crippen molar-refractivity contribution in [2.45, 2.75) is 26.2 Å². The van der Waals surface area contributed by atoms with Gasteiger partial charge in [-0.2, -0.15) is 0 Å². The van der Waals surface area contributed by atoms with Crippen LogP contribution < -0.4 is 0 Å². The van der Waals surface area contributed by atoms with Gasteiger partial charge in [0.25, 0.3) is 0 Å². The zero-order valence-electron chi connectivity index (χ0n) is 8.26. The fourth-order valence-electron chi connectivity index (χ4n) is 1.16. The molecule has 14 heavy (non-hydrogen) atoms. The zero-order chi connectivity index (χ0) is 9.68. The van der Waals surface area contributed by atoms with Gasteiger partial charge in [0.1, 0.15) is 0 Å².